The molecule has 2 unspecified atom stereocenters. The molecule has 0 aromatic heterocycles. The fourth-order valence-electron chi connectivity index (χ4n) is 3.29. The summed E-state index contributed by atoms with van der Waals surface area (Å²) in [7, 11) is 0. The van der Waals surface area contributed by atoms with E-state index in [4.69, 9.17) is 18.0 Å². The van der Waals surface area contributed by atoms with Crippen LogP contribution in [0.5, 0.6) is 0 Å². The highest BCUT2D eigenvalue weighted by Gasteiger charge is 2.47. The number of hydrogen-bond donors (Lipinski definition) is 2. The average Bonchev–Trinajstić information content (AvgIpc) is 3.02. The van der Waals surface area contributed by atoms with E-state index >= 15 is 0 Å². The van der Waals surface area contributed by atoms with Crippen molar-refractivity contribution < 1.29 is 4.79 Å². The van der Waals surface area contributed by atoms with Crippen molar-refractivity contribution >= 4 is 23.1 Å². The second-order valence-electron chi connectivity index (χ2n) is 5.99. The van der Waals surface area contributed by atoms with Gasteiger partial charge in [-0.25, -0.2) is 0 Å². The van der Waals surface area contributed by atoms with Gasteiger partial charge in [-0.05, 0) is 24.8 Å². The first kappa shape index (κ1) is 13.6. The molecule has 2 atom stereocenters. The molecule has 2 fully saturated rings. The summed E-state index contributed by atoms with van der Waals surface area (Å²) in [6.07, 6.45) is 4.70. The normalized spacial score (nSPS) is 27.0. The summed E-state index contributed by atoms with van der Waals surface area (Å²) in [4.78, 5) is 12.9. The van der Waals surface area contributed by atoms with Crippen LogP contribution in [0.25, 0.3) is 0 Å². The molecular weight excluding hydrogens is 268 g/mol. The van der Waals surface area contributed by atoms with Crippen molar-refractivity contribution in [3.05, 3.63) is 35.9 Å². The van der Waals surface area contributed by atoms with E-state index in [9.17, 15) is 4.79 Å². The highest BCUT2D eigenvalue weighted by molar-refractivity contribution is 7.80. The third-order valence-electron chi connectivity index (χ3n) is 4.70. The molecule has 0 heterocycles. The predicted octanol–water partition coefficient (Wildman–Crippen LogP) is 2.51. The monoisotopic (exact) mass is 288 g/mol. The summed E-state index contributed by atoms with van der Waals surface area (Å²) in [6.45, 7) is 0. The topological polar surface area (TPSA) is 55.1 Å². The molecule has 0 aliphatic heterocycles. The first-order valence-corrected chi connectivity index (χ1v) is 7.70. The van der Waals surface area contributed by atoms with Crippen LogP contribution in [0.1, 0.15) is 43.6 Å². The molecule has 3 nitrogen and oxygen atoms in total. The number of carbonyl (C=O) groups is 1. The Morgan fingerprint density at radius 3 is 2.50 bits per heavy atom. The molecule has 1 aromatic carbocycles. The van der Waals surface area contributed by atoms with E-state index in [0.717, 1.165) is 32.1 Å². The standard InChI is InChI=1S/C16H20N2OS/c17-14(20)16(8-4-5-9-16)15(19)18-13-10-12(13)11-6-2-1-3-7-11/h1-3,6-7,12-13H,4-5,8-10H2,(H2,17,20)(H,18,19). The number of thiocarbonyl (C=S) groups is 1. The molecule has 0 spiro atoms. The predicted molar refractivity (Wildman–Crippen MR) is 83.4 cm³/mol. The largest absolute Gasteiger partial charge is 0.392 e. The molecule has 0 radical (unpaired) electrons. The fraction of sp³-hybridized carbons (Fsp3) is 0.500. The van der Waals surface area contributed by atoms with Crippen LogP contribution in [-0.2, 0) is 4.79 Å². The van der Waals surface area contributed by atoms with Gasteiger partial charge in [-0.15, -0.1) is 0 Å². The Bertz CT molecular complexity index is 523. The maximum Gasteiger partial charge on any atom is 0.233 e. The lowest BCUT2D eigenvalue weighted by atomic mass is 9.85. The first-order chi connectivity index (χ1) is 9.63. The molecule has 106 valence electrons. The Kier molecular flexibility index (Phi) is 3.50. The molecule has 1 amide bonds. The van der Waals surface area contributed by atoms with Crippen molar-refractivity contribution in [3.63, 3.8) is 0 Å². The Morgan fingerprint density at radius 1 is 1.25 bits per heavy atom. The smallest absolute Gasteiger partial charge is 0.233 e. The third-order valence-corrected chi connectivity index (χ3v) is 5.09. The van der Waals surface area contributed by atoms with Crippen molar-refractivity contribution in [2.75, 3.05) is 0 Å². The van der Waals surface area contributed by atoms with Gasteiger partial charge in [-0.1, -0.05) is 55.4 Å². The number of benzene rings is 1. The number of nitrogens with one attached hydrogen (secondary N) is 1. The zero-order valence-corrected chi connectivity index (χ0v) is 12.3. The molecule has 0 bridgehead atoms. The number of rotatable bonds is 4. The van der Waals surface area contributed by atoms with E-state index in [1.165, 1.54) is 5.56 Å². The van der Waals surface area contributed by atoms with E-state index < -0.39 is 5.41 Å². The molecule has 2 saturated carbocycles. The van der Waals surface area contributed by atoms with Gasteiger partial charge < -0.3 is 11.1 Å². The van der Waals surface area contributed by atoms with Crippen molar-refractivity contribution in [2.24, 2.45) is 11.1 Å². The van der Waals surface area contributed by atoms with Crippen LogP contribution in [0.4, 0.5) is 0 Å². The molecule has 3 rings (SSSR count). The second-order valence-corrected chi connectivity index (χ2v) is 6.43. The van der Waals surface area contributed by atoms with Crippen molar-refractivity contribution in [3.8, 4) is 0 Å². The van der Waals surface area contributed by atoms with Crippen LogP contribution >= 0.6 is 12.2 Å². The van der Waals surface area contributed by atoms with Gasteiger partial charge in [0.2, 0.25) is 5.91 Å². The molecular formula is C16H20N2OS. The lowest BCUT2D eigenvalue weighted by molar-refractivity contribution is -0.127. The van der Waals surface area contributed by atoms with Crippen LogP contribution in [0.2, 0.25) is 0 Å². The summed E-state index contributed by atoms with van der Waals surface area (Å²) in [6, 6.07) is 10.6. The van der Waals surface area contributed by atoms with Gasteiger partial charge >= 0.3 is 0 Å². The Balaban J connectivity index is 1.65. The number of carbonyl (C=O) groups excluding carboxylic acids is 1. The van der Waals surface area contributed by atoms with Crippen LogP contribution < -0.4 is 11.1 Å². The minimum Gasteiger partial charge on any atom is -0.392 e. The average molecular weight is 288 g/mol. The number of nitrogens with two attached hydrogens (primary N) is 1. The molecule has 1 aromatic rings. The Morgan fingerprint density at radius 2 is 1.90 bits per heavy atom. The van der Waals surface area contributed by atoms with E-state index in [2.05, 4.69) is 17.4 Å². The lowest BCUT2D eigenvalue weighted by Gasteiger charge is -2.26. The van der Waals surface area contributed by atoms with Crippen molar-refractivity contribution in [1.29, 1.82) is 0 Å². The van der Waals surface area contributed by atoms with Gasteiger partial charge in [-0.2, -0.15) is 0 Å². The molecule has 0 saturated heterocycles. The molecule has 20 heavy (non-hydrogen) atoms. The SMILES string of the molecule is NC(=S)C1(C(=O)NC2CC2c2ccccc2)CCCC1. The van der Waals surface area contributed by atoms with E-state index in [-0.39, 0.29) is 11.9 Å². The molecule has 4 heteroatoms. The van der Waals surface area contributed by atoms with E-state index in [1.54, 1.807) is 0 Å². The minimum absolute atomic E-state index is 0.0472. The summed E-state index contributed by atoms with van der Waals surface area (Å²) in [5, 5.41) is 3.16. The highest BCUT2D eigenvalue weighted by atomic mass is 32.1. The zero-order valence-electron chi connectivity index (χ0n) is 11.5. The van der Waals surface area contributed by atoms with Gasteiger partial charge in [0.15, 0.2) is 0 Å². The lowest BCUT2D eigenvalue weighted by Crippen LogP contribution is -2.48. The maximum absolute atomic E-state index is 12.6. The van der Waals surface area contributed by atoms with Crippen molar-refractivity contribution in [1.82, 2.24) is 5.32 Å². The number of amides is 1. The summed E-state index contributed by atoms with van der Waals surface area (Å²) < 4.78 is 0. The van der Waals surface area contributed by atoms with Gasteiger partial charge in [0.25, 0.3) is 0 Å². The van der Waals surface area contributed by atoms with Crippen LogP contribution in [0, 0.1) is 5.41 Å². The fourth-order valence-corrected chi connectivity index (χ4v) is 3.59. The van der Waals surface area contributed by atoms with Crippen molar-refractivity contribution in [2.45, 2.75) is 44.1 Å². The van der Waals surface area contributed by atoms with Gasteiger partial charge in [-0.3, -0.25) is 4.79 Å². The summed E-state index contributed by atoms with van der Waals surface area (Å²) in [5.41, 5.74) is 6.56. The minimum atomic E-state index is -0.584. The molecule has 2 aliphatic rings. The Hall–Kier alpha value is -1.42. The second kappa shape index (κ2) is 5.17. The summed E-state index contributed by atoms with van der Waals surface area (Å²) in [5.74, 6) is 0.496. The third kappa shape index (κ3) is 2.33. The van der Waals surface area contributed by atoms with Crippen LogP contribution in [0.15, 0.2) is 30.3 Å². The van der Waals surface area contributed by atoms with Crippen LogP contribution in [0.3, 0.4) is 0 Å². The first-order valence-electron chi connectivity index (χ1n) is 7.29. The van der Waals surface area contributed by atoms with Crippen LogP contribution in [-0.4, -0.2) is 16.9 Å². The molecule has 2 aliphatic carbocycles. The van der Waals surface area contributed by atoms with Gasteiger partial charge in [0.05, 0.1) is 10.4 Å². The van der Waals surface area contributed by atoms with E-state index in [1.807, 2.05) is 18.2 Å². The quantitative estimate of drug-likeness (QED) is 0.837. The van der Waals surface area contributed by atoms with Gasteiger partial charge in [0.1, 0.15) is 0 Å². The Labute approximate surface area is 124 Å². The zero-order chi connectivity index (χ0) is 14.2. The number of hydrogen-bond acceptors (Lipinski definition) is 2. The maximum atomic E-state index is 12.6. The van der Waals surface area contributed by atoms with E-state index in [0.29, 0.717) is 10.9 Å². The highest BCUT2D eigenvalue weighted by Crippen LogP contribution is 2.43. The van der Waals surface area contributed by atoms with Gasteiger partial charge in [0, 0.05) is 12.0 Å². The molecule has 3 N–H and O–H groups in total. The summed E-state index contributed by atoms with van der Waals surface area (Å²) >= 11 is 5.16.